The lowest BCUT2D eigenvalue weighted by Gasteiger charge is -2.40. The second kappa shape index (κ2) is 7.74. The third kappa shape index (κ3) is 4.69. The molecule has 0 aromatic carbocycles. The Hall–Kier alpha value is -0.160. The van der Waals surface area contributed by atoms with E-state index in [0.717, 1.165) is 0 Å². The fourth-order valence-corrected chi connectivity index (χ4v) is 3.29. The molecule has 0 aliphatic carbocycles. The summed E-state index contributed by atoms with van der Waals surface area (Å²) >= 11 is 0. The fraction of sp³-hybridized carbons (Fsp3) is 1.00. The van der Waals surface area contributed by atoms with Gasteiger partial charge in [-0.05, 0) is 27.7 Å². The second-order valence-electron chi connectivity index (χ2n) is 6.94. The van der Waals surface area contributed by atoms with E-state index in [1.165, 1.54) is 65.4 Å². The summed E-state index contributed by atoms with van der Waals surface area (Å²) in [6.07, 6.45) is 0. The molecule has 118 valence electrons. The van der Waals surface area contributed by atoms with Crippen molar-refractivity contribution in [3.8, 4) is 0 Å². The highest BCUT2D eigenvalue weighted by atomic mass is 15.3. The fourth-order valence-electron chi connectivity index (χ4n) is 3.29. The van der Waals surface area contributed by atoms with Gasteiger partial charge in [-0.3, -0.25) is 19.6 Å². The van der Waals surface area contributed by atoms with Crippen LogP contribution in [0.25, 0.3) is 0 Å². The van der Waals surface area contributed by atoms with Crippen molar-refractivity contribution < 1.29 is 0 Å². The Morgan fingerprint density at radius 1 is 0.550 bits per heavy atom. The van der Waals surface area contributed by atoms with E-state index in [1.54, 1.807) is 0 Å². The molecular weight excluding hydrogens is 248 g/mol. The van der Waals surface area contributed by atoms with Crippen molar-refractivity contribution >= 4 is 0 Å². The molecule has 0 spiro atoms. The Labute approximate surface area is 125 Å². The van der Waals surface area contributed by atoms with Crippen molar-refractivity contribution in [2.75, 3.05) is 65.4 Å². The largest absolute Gasteiger partial charge is 0.300 e. The van der Waals surface area contributed by atoms with Crippen LogP contribution in [-0.4, -0.2) is 97.1 Å². The molecule has 0 atom stereocenters. The van der Waals surface area contributed by atoms with Gasteiger partial charge in [-0.15, -0.1) is 0 Å². The van der Waals surface area contributed by atoms with Crippen molar-refractivity contribution in [2.45, 2.75) is 39.8 Å². The average molecular weight is 282 g/mol. The molecule has 2 aliphatic rings. The van der Waals surface area contributed by atoms with Crippen molar-refractivity contribution in [1.29, 1.82) is 0 Å². The maximum absolute atomic E-state index is 2.65. The van der Waals surface area contributed by atoms with Crippen LogP contribution in [0, 0.1) is 0 Å². The molecule has 0 unspecified atom stereocenters. The van der Waals surface area contributed by atoms with E-state index in [-0.39, 0.29) is 0 Å². The van der Waals surface area contributed by atoms with Gasteiger partial charge in [0.1, 0.15) is 0 Å². The molecule has 0 aromatic heterocycles. The Balaban J connectivity index is 1.60. The number of piperazine rings is 2. The van der Waals surface area contributed by atoms with E-state index in [9.17, 15) is 0 Å². The standard InChI is InChI=1S/C16H34N4/c1-15(2)19-11-7-17(8-12-19)5-6-18-9-13-20(14-10-18)16(3)4/h15-16H,5-14H2,1-4H3. The van der Waals surface area contributed by atoms with Crippen LogP contribution in [0.1, 0.15) is 27.7 Å². The lowest BCUT2D eigenvalue weighted by molar-refractivity contribution is 0.0764. The molecule has 2 aliphatic heterocycles. The van der Waals surface area contributed by atoms with Crippen molar-refractivity contribution in [3.05, 3.63) is 0 Å². The van der Waals surface area contributed by atoms with E-state index < -0.39 is 0 Å². The molecule has 2 heterocycles. The van der Waals surface area contributed by atoms with E-state index in [2.05, 4.69) is 47.3 Å². The molecule has 0 amide bonds. The first-order valence-corrected chi connectivity index (χ1v) is 8.49. The van der Waals surface area contributed by atoms with Gasteiger partial charge in [-0.2, -0.15) is 0 Å². The number of rotatable bonds is 5. The summed E-state index contributed by atoms with van der Waals surface area (Å²) in [6, 6.07) is 1.42. The molecule has 20 heavy (non-hydrogen) atoms. The van der Waals surface area contributed by atoms with E-state index in [4.69, 9.17) is 0 Å². The highest BCUT2D eigenvalue weighted by molar-refractivity contribution is 4.78. The molecule has 0 N–H and O–H groups in total. The molecule has 0 saturated carbocycles. The maximum atomic E-state index is 2.65. The van der Waals surface area contributed by atoms with Gasteiger partial charge in [0, 0.05) is 77.5 Å². The minimum Gasteiger partial charge on any atom is -0.300 e. The molecule has 2 fully saturated rings. The predicted octanol–water partition coefficient (Wildman–Crippen LogP) is 1.04. The van der Waals surface area contributed by atoms with Crippen molar-refractivity contribution in [3.63, 3.8) is 0 Å². The monoisotopic (exact) mass is 282 g/mol. The topological polar surface area (TPSA) is 13.0 Å². The number of nitrogens with zero attached hydrogens (tertiary/aromatic N) is 4. The molecule has 2 saturated heterocycles. The van der Waals surface area contributed by atoms with Crippen molar-refractivity contribution in [2.24, 2.45) is 0 Å². The summed E-state index contributed by atoms with van der Waals surface area (Å²) < 4.78 is 0. The number of hydrogen-bond donors (Lipinski definition) is 0. The second-order valence-corrected chi connectivity index (χ2v) is 6.94. The van der Waals surface area contributed by atoms with Crippen molar-refractivity contribution in [1.82, 2.24) is 19.6 Å². The third-order valence-electron chi connectivity index (χ3n) is 5.01. The SMILES string of the molecule is CC(C)N1CCN(CCN2CCN(C(C)C)CC2)CC1. The first-order chi connectivity index (χ1) is 9.56. The smallest absolute Gasteiger partial charge is 0.0113 e. The summed E-state index contributed by atoms with van der Waals surface area (Å²) in [6.45, 7) is 21.8. The van der Waals surface area contributed by atoms with Gasteiger partial charge in [0.05, 0.1) is 0 Å². The van der Waals surface area contributed by atoms with Crippen LogP contribution >= 0.6 is 0 Å². The van der Waals surface area contributed by atoms with Gasteiger partial charge >= 0.3 is 0 Å². The summed E-state index contributed by atoms with van der Waals surface area (Å²) in [5.74, 6) is 0. The molecule has 4 nitrogen and oxygen atoms in total. The lowest BCUT2D eigenvalue weighted by Crippen LogP contribution is -2.53. The van der Waals surface area contributed by atoms with Crippen LogP contribution in [0.15, 0.2) is 0 Å². The summed E-state index contributed by atoms with van der Waals surface area (Å²) in [4.78, 5) is 10.5. The van der Waals surface area contributed by atoms with Crippen LogP contribution in [0.2, 0.25) is 0 Å². The summed E-state index contributed by atoms with van der Waals surface area (Å²) in [5, 5.41) is 0. The van der Waals surface area contributed by atoms with E-state index >= 15 is 0 Å². The quantitative estimate of drug-likeness (QED) is 0.747. The van der Waals surface area contributed by atoms with Gasteiger partial charge in [0.2, 0.25) is 0 Å². The van der Waals surface area contributed by atoms with Gasteiger partial charge in [0.25, 0.3) is 0 Å². The average Bonchev–Trinajstić information content (AvgIpc) is 2.46. The normalized spacial score (nSPS) is 24.9. The van der Waals surface area contributed by atoms with Gasteiger partial charge < -0.3 is 0 Å². The Kier molecular flexibility index (Phi) is 6.27. The zero-order valence-corrected chi connectivity index (χ0v) is 14.0. The van der Waals surface area contributed by atoms with Gasteiger partial charge in [-0.1, -0.05) is 0 Å². The zero-order chi connectivity index (χ0) is 14.5. The van der Waals surface area contributed by atoms with Crippen LogP contribution in [-0.2, 0) is 0 Å². The van der Waals surface area contributed by atoms with Crippen LogP contribution < -0.4 is 0 Å². The first-order valence-electron chi connectivity index (χ1n) is 8.49. The molecule has 2 rings (SSSR count). The molecule has 4 heteroatoms. The minimum atomic E-state index is 0.710. The maximum Gasteiger partial charge on any atom is 0.0113 e. The third-order valence-corrected chi connectivity index (χ3v) is 5.01. The van der Waals surface area contributed by atoms with Crippen LogP contribution in [0.5, 0.6) is 0 Å². The van der Waals surface area contributed by atoms with E-state index in [0.29, 0.717) is 12.1 Å². The summed E-state index contributed by atoms with van der Waals surface area (Å²) in [7, 11) is 0. The first kappa shape index (κ1) is 16.2. The van der Waals surface area contributed by atoms with Crippen LogP contribution in [0.3, 0.4) is 0 Å². The molecule has 0 radical (unpaired) electrons. The lowest BCUT2D eigenvalue weighted by atomic mass is 10.2. The number of hydrogen-bond acceptors (Lipinski definition) is 4. The molecule has 0 aromatic rings. The minimum absolute atomic E-state index is 0.710. The van der Waals surface area contributed by atoms with E-state index in [1.807, 2.05) is 0 Å². The highest BCUT2D eigenvalue weighted by Crippen LogP contribution is 2.08. The Bertz CT molecular complexity index is 236. The van der Waals surface area contributed by atoms with Gasteiger partial charge in [-0.25, -0.2) is 0 Å². The predicted molar refractivity (Wildman–Crippen MR) is 86.3 cm³/mol. The Morgan fingerprint density at radius 3 is 1.10 bits per heavy atom. The molecular formula is C16H34N4. The highest BCUT2D eigenvalue weighted by Gasteiger charge is 2.21. The zero-order valence-electron chi connectivity index (χ0n) is 14.0. The Morgan fingerprint density at radius 2 is 0.850 bits per heavy atom. The van der Waals surface area contributed by atoms with Gasteiger partial charge in [0.15, 0.2) is 0 Å². The summed E-state index contributed by atoms with van der Waals surface area (Å²) in [5.41, 5.74) is 0. The van der Waals surface area contributed by atoms with Crippen LogP contribution in [0.4, 0.5) is 0 Å². The molecule has 0 bridgehead atoms.